The van der Waals surface area contributed by atoms with Crippen molar-refractivity contribution >= 4 is 21.5 Å². The third-order valence-electron chi connectivity index (χ3n) is 4.89. The van der Waals surface area contributed by atoms with E-state index in [1.54, 1.807) is 19.9 Å². The fourth-order valence-corrected chi connectivity index (χ4v) is 6.17. The van der Waals surface area contributed by atoms with Crippen LogP contribution in [0.2, 0.25) is 0 Å². The third-order valence-corrected chi connectivity index (χ3v) is 7.52. The highest BCUT2D eigenvalue weighted by Crippen LogP contribution is 2.36. The smallest absolute Gasteiger partial charge is 0.282 e. The third kappa shape index (κ3) is 3.10. The van der Waals surface area contributed by atoms with E-state index in [9.17, 15) is 13.5 Å². The van der Waals surface area contributed by atoms with Crippen LogP contribution in [-0.4, -0.2) is 54.9 Å². The van der Waals surface area contributed by atoms with Crippen LogP contribution >= 0.6 is 11.3 Å². The molecule has 1 aromatic rings. The lowest BCUT2D eigenvalue weighted by atomic mass is 9.92. The Morgan fingerprint density at radius 2 is 2.14 bits per heavy atom. The summed E-state index contributed by atoms with van der Waals surface area (Å²) in [6, 6.07) is 2.04. The number of aliphatic hydroxyl groups is 1. The average Bonchev–Trinajstić information content (AvgIpc) is 3.16. The molecule has 3 heterocycles. The largest absolute Gasteiger partial charge is 0.396 e. The minimum atomic E-state index is -3.40. The molecule has 0 spiro atoms. The van der Waals surface area contributed by atoms with E-state index in [4.69, 9.17) is 0 Å². The van der Waals surface area contributed by atoms with Crippen molar-refractivity contribution in [1.29, 1.82) is 0 Å². The summed E-state index contributed by atoms with van der Waals surface area (Å²) in [6.07, 6.45) is 2.04. The Kier molecular flexibility index (Phi) is 4.89. The molecule has 3 rings (SSSR count). The highest BCUT2D eigenvalue weighted by Gasteiger charge is 2.42. The molecule has 2 fully saturated rings. The Balaban J connectivity index is 1.77. The maximum atomic E-state index is 12.9. The van der Waals surface area contributed by atoms with Gasteiger partial charge in [0.2, 0.25) is 0 Å². The lowest BCUT2D eigenvalue weighted by molar-refractivity contribution is 0.221. The van der Waals surface area contributed by atoms with Gasteiger partial charge in [-0.1, -0.05) is 6.92 Å². The Hall–Kier alpha value is -0.470. The van der Waals surface area contributed by atoms with Crippen LogP contribution in [0.3, 0.4) is 0 Å². The molecule has 2 aliphatic rings. The summed E-state index contributed by atoms with van der Waals surface area (Å²) >= 11 is 1.62. The van der Waals surface area contributed by atoms with Crippen molar-refractivity contribution < 1.29 is 13.5 Å². The van der Waals surface area contributed by atoms with Gasteiger partial charge in [-0.2, -0.15) is 28.4 Å². The molecule has 0 saturated carbocycles. The van der Waals surface area contributed by atoms with Crippen LogP contribution in [0.4, 0.5) is 0 Å². The van der Waals surface area contributed by atoms with Crippen molar-refractivity contribution in [2.24, 2.45) is 11.8 Å². The summed E-state index contributed by atoms with van der Waals surface area (Å²) in [5.41, 5.74) is 1.15. The molecule has 124 valence electrons. The summed E-state index contributed by atoms with van der Waals surface area (Å²) < 4.78 is 29.0. The molecule has 7 heteroatoms. The van der Waals surface area contributed by atoms with Gasteiger partial charge in [-0.25, -0.2) is 0 Å². The molecular weight excluding hydrogens is 320 g/mol. The predicted molar refractivity (Wildman–Crippen MR) is 88.1 cm³/mol. The fraction of sp³-hybridized carbons (Fsp3) is 0.733. The zero-order valence-corrected chi connectivity index (χ0v) is 14.5. The molecule has 22 heavy (non-hydrogen) atoms. The van der Waals surface area contributed by atoms with Crippen molar-refractivity contribution in [3.8, 4) is 0 Å². The van der Waals surface area contributed by atoms with E-state index in [-0.39, 0.29) is 18.4 Å². The van der Waals surface area contributed by atoms with Gasteiger partial charge in [0.1, 0.15) is 0 Å². The van der Waals surface area contributed by atoms with Crippen molar-refractivity contribution in [2.45, 2.75) is 25.7 Å². The van der Waals surface area contributed by atoms with E-state index in [0.717, 1.165) is 18.4 Å². The zero-order chi connectivity index (χ0) is 15.7. The van der Waals surface area contributed by atoms with Crippen LogP contribution in [0.15, 0.2) is 16.8 Å². The van der Waals surface area contributed by atoms with Crippen LogP contribution in [0.25, 0.3) is 0 Å². The Morgan fingerprint density at radius 3 is 2.77 bits per heavy atom. The molecule has 2 aliphatic heterocycles. The first-order valence-electron chi connectivity index (χ1n) is 7.90. The number of thiophene rings is 1. The van der Waals surface area contributed by atoms with Gasteiger partial charge in [0.25, 0.3) is 10.2 Å². The molecule has 0 amide bonds. The molecule has 1 aromatic heterocycles. The van der Waals surface area contributed by atoms with Gasteiger partial charge in [0, 0.05) is 44.6 Å². The molecule has 3 atom stereocenters. The quantitative estimate of drug-likeness (QED) is 0.905. The van der Waals surface area contributed by atoms with Crippen molar-refractivity contribution in [2.75, 3.05) is 32.8 Å². The zero-order valence-electron chi connectivity index (χ0n) is 12.9. The first-order valence-corrected chi connectivity index (χ1v) is 10.2. The Morgan fingerprint density at radius 1 is 1.32 bits per heavy atom. The molecule has 0 radical (unpaired) electrons. The van der Waals surface area contributed by atoms with Crippen LogP contribution in [0, 0.1) is 11.8 Å². The average molecular weight is 345 g/mol. The summed E-state index contributed by atoms with van der Waals surface area (Å²) in [5.74, 6) is 0.521. The summed E-state index contributed by atoms with van der Waals surface area (Å²) in [4.78, 5) is 0. The van der Waals surface area contributed by atoms with Crippen molar-refractivity contribution in [3.05, 3.63) is 22.4 Å². The number of hydrogen-bond donors (Lipinski definition) is 1. The van der Waals surface area contributed by atoms with Gasteiger partial charge in [-0.3, -0.25) is 0 Å². The second-order valence-corrected chi connectivity index (χ2v) is 9.24. The van der Waals surface area contributed by atoms with Crippen LogP contribution in [0.5, 0.6) is 0 Å². The standard InChI is InChI=1S/C15H24N2O3S2/c1-12-3-2-5-16(7-12)22(19,20)17-8-14(10-18)15(9-17)13-4-6-21-11-13/h4,6,11-12,14-15,18H,2-3,5,7-10H2,1H3/t12-,14+,15+/m1/s1. The summed E-state index contributed by atoms with van der Waals surface area (Å²) in [5, 5.41) is 13.7. The number of rotatable bonds is 4. The highest BCUT2D eigenvalue weighted by molar-refractivity contribution is 7.86. The SMILES string of the molecule is C[C@@H]1CCCN(S(=O)(=O)N2C[C@@H](CO)[C@H](c3ccsc3)C2)C1. The summed E-state index contributed by atoms with van der Waals surface area (Å²) in [7, 11) is -3.40. The summed E-state index contributed by atoms with van der Waals surface area (Å²) in [6.45, 7) is 4.28. The monoisotopic (exact) mass is 344 g/mol. The molecule has 1 N–H and O–H groups in total. The molecule has 0 aromatic carbocycles. The fourth-order valence-electron chi connectivity index (χ4n) is 3.59. The number of hydrogen-bond acceptors (Lipinski definition) is 4. The molecular formula is C15H24N2O3S2. The van der Waals surface area contributed by atoms with Crippen molar-refractivity contribution in [1.82, 2.24) is 8.61 Å². The number of piperidine rings is 1. The van der Waals surface area contributed by atoms with E-state index in [2.05, 4.69) is 12.3 Å². The van der Waals surface area contributed by atoms with Gasteiger partial charge in [0.05, 0.1) is 0 Å². The molecule has 2 saturated heterocycles. The maximum absolute atomic E-state index is 12.9. The first kappa shape index (κ1) is 16.4. The molecule has 0 aliphatic carbocycles. The molecule has 5 nitrogen and oxygen atoms in total. The van der Waals surface area contributed by atoms with Crippen LogP contribution in [-0.2, 0) is 10.2 Å². The van der Waals surface area contributed by atoms with Gasteiger partial charge in [-0.15, -0.1) is 0 Å². The van der Waals surface area contributed by atoms with Gasteiger partial charge < -0.3 is 5.11 Å². The van der Waals surface area contributed by atoms with E-state index in [1.165, 1.54) is 0 Å². The molecule has 0 unspecified atom stereocenters. The second-order valence-electron chi connectivity index (χ2n) is 6.54. The Labute approximate surface area is 136 Å². The topological polar surface area (TPSA) is 60.9 Å². The van der Waals surface area contributed by atoms with Gasteiger partial charge in [-0.05, 0) is 41.1 Å². The van der Waals surface area contributed by atoms with Gasteiger partial charge >= 0.3 is 0 Å². The van der Waals surface area contributed by atoms with Gasteiger partial charge in [0.15, 0.2) is 0 Å². The van der Waals surface area contributed by atoms with Crippen LogP contribution in [0.1, 0.15) is 31.2 Å². The minimum Gasteiger partial charge on any atom is -0.396 e. The van der Waals surface area contributed by atoms with E-state index in [1.807, 2.05) is 11.4 Å². The maximum Gasteiger partial charge on any atom is 0.282 e. The lowest BCUT2D eigenvalue weighted by Crippen LogP contribution is -2.47. The number of aliphatic hydroxyl groups excluding tert-OH is 1. The van der Waals surface area contributed by atoms with Crippen LogP contribution < -0.4 is 0 Å². The first-order chi connectivity index (χ1) is 10.5. The lowest BCUT2D eigenvalue weighted by Gasteiger charge is -2.33. The molecule has 0 bridgehead atoms. The second kappa shape index (κ2) is 6.57. The van der Waals surface area contributed by atoms with E-state index in [0.29, 0.717) is 32.1 Å². The predicted octanol–water partition coefficient (Wildman–Crippen LogP) is 1.73. The van der Waals surface area contributed by atoms with Crippen molar-refractivity contribution in [3.63, 3.8) is 0 Å². The number of nitrogens with zero attached hydrogens (tertiary/aromatic N) is 2. The normalized spacial score (nSPS) is 31.6. The van der Waals surface area contributed by atoms with E-state index >= 15 is 0 Å². The van der Waals surface area contributed by atoms with E-state index < -0.39 is 10.2 Å². The Bertz CT molecular complexity index is 588. The highest BCUT2D eigenvalue weighted by atomic mass is 32.2. The minimum absolute atomic E-state index is 0.00779.